The number of halogens is 2. The molecule has 0 fully saturated rings. The summed E-state index contributed by atoms with van der Waals surface area (Å²) in [7, 11) is 0. The lowest BCUT2D eigenvalue weighted by Crippen LogP contribution is -2.04. The van der Waals surface area contributed by atoms with Crippen LogP contribution in [0.3, 0.4) is 0 Å². The van der Waals surface area contributed by atoms with E-state index in [-0.39, 0.29) is 12.4 Å². The minimum absolute atomic E-state index is 0. The molecule has 0 aromatic heterocycles. The van der Waals surface area contributed by atoms with Crippen LogP contribution in [0.4, 0.5) is 0 Å². The van der Waals surface area contributed by atoms with Crippen molar-refractivity contribution >= 4 is 28.3 Å². The van der Waals surface area contributed by atoms with Gasteiger partial charge < -0.3 is 4.74 Å². The van der Waals surface area contributed by atoms with Crippen LogP contribution in [0.25, 0.3) is 0 Å². The highest BCUT2D eigenvalue weighted by molar-refractivity contribution is 9.10. The summed E-state index contributed by atoms with van der Waals surface area (Å²) in [6.45, 7) is 3.11. The molecule has 0 heterocycles. The summed E-state index contributed by atoms with van der Waals surface area (Å²) in [4.78, 5) is 0. The molecule has 0 bridgehead atoms. The smallest absolute Gasteiger partial charge is 0.119 e. The molecule has 0 amide bonds. The maximum absolute atomic E-state index is 5.72. The second kappa shape index (κ2) is 9.86. The fourth-order valence-electron chi connectivity index (χ4n) is 2.26. The zero-order chi connectivity index (χ0) is 14.2. The van der Waals surface area contributed by atoms with Gasteiger partial charge in [-0.15, -0.1) is 12.4 Å². The van der Waals surface area contributed by atoms with Crippen LogP contribution in [-0.4, -0.2) is 6.61 Å². The van der Waals surface area contributed by atoms with E-state index >= 15 is 0 Å². The first-order chi connectivity index (χ1) is 9.74. The van der Waals surface area contributed by atoms with Crippen LogP contribution in [0.5, 0.6) is 5.75 Å². The lowest BCUT2D eigenvalue weighted by Gasteiger charge is -2.12. The molecule has 0 aliphatic carbocycles. The maximum atomic E-state index is 5.72. The molecular weight excluding hydrogens is 348 g/mol. The minimum atomic E-state index is 0. The largest absolute Gasteiger partial charge is 0.494 e. The molecule has 0 aliphatic heterocycles. The molecule has 0 aliphatic rings. The van der Waals surface area contributed by atoms with Gasteiger partial charge in [0.2, 0.25) is 0 Å². The van der Waals surface area contributed by atoms with Crippen LogP contribution in [0.2, 0.25) is 0 Å². The summed E-state index contributed by atoms with van der Waals surface area (Å²) in [6.07, 6.45) is 3.44. The predicted molar refractivity (Wildman–Crippen MR) is 95.4 cm³/mol. The number of rotatable bonds is 7. The quantitative estimate of drug-likeness (QED) is 0.551. The Morgan fingerprint density at radius 1 is 1.00 bits per heavy atom. The number of hydrogen-bond acceptors (Lipinski definition) is 1. The van der Waals surface area contributed by atoms with E-state index < -0.39 is 0 Å². The van der Waals surface area contributed by atoms with E-state index in [0.717, 1.165) is 29.7 Å². The van der Waals surface area contributed by atoms with Gasteiger partial charge in [0.05, 0.1) is 6.61 Å². The molecule has 21 heavy (non-hydrogen) atoms. The highest BCUT2D eigenvalue weighted by Crippen LogP contribution is 2.17. The molecule has 0 N–H and O–H groups in total. The van der Waals surface area contributed by atoms with Gasteiger partial charge in [0, 0.05) is 4.47 Å². The first kappa shape index (κ1) is 18.1. The van der Waals surface area contributed by atoms with E-state index in [1.807, 2.05) is 30.3 Å². The SMILES string of the molecule is CC(CCCOc1ccccc1)Cc1ccc(Br)cc1.Cl. The Balaban J connectivity index is 0.00000220. The first-order valence-corrected chi connectivity index (χ1v) is 7.95. The average Bonchev–Trinajstić information content (AvgIpc) is 2.47. The highest BCUT2D eigenvalue weighted by atomic mass is 79.9. The average molecular weight is 370 g/mol. The van der Waals surface area contributed by atoms with E-state index in [2.05, 4.69) is 47.1 Å². The summed E-state index contributed by atoms with van der Waals surface area (Å²) in [5, 5.41) is 0. The summed E-state index contributed by atoms with van der Waals surface area (Å²) in [5.41, 5.74) is 1.41. The molecule has 0 spiro atoms. The van der Waals surface area contributed by atoms with Gasteiger partial charge >= 0.3 is 0 Å². The third kappa shape index (κ3) is 7.01. The number of benzene rings is 2. The van der Waals surface area contributed by atoms with Crippen LogP contribution >= 0.6 is 28.3 Å². The van der Waals surface area contributed by atoms with E-state index in [4.69, 9.17) is 4.74 Å². The zero-order valence-electron chi connectivity index (χ0n) is 12.3. The second-order valence-corrected chi connectivity index (χ2v) is 6.16. The van der Waals surface area contributed by atoms with Gasteiger partial charge in [0.15, 0.2) is 0 Å². The van der Waals surface area contributed by atoms with Crippen molar-refractivity contribution in [2.24, 2.45) is 5.92 Å². The Morgan fingerprint density at radius 3 is 2.33 bits per heavy atom. The number of hydrogen-bond donors (Lipinski definition) is 0. The summed E-state index contributed by atoms with van der Waals surface area (Å²) in [6, 6.07) is 18.6. The van der Waals surface area contributed by atoms with Crippen molar-refractivity contribution in [2.75, 3.05) is 6.61 Å². The van der Waals surface area contributed by atoms with E-state index in [0.29, 0.717) is 5.92 Å². The maximum Gasteiger partial charge on any atom is 0.119 e. The minimum Gasteiger partial charge on any atom is -0.494 e. The molecule has 1 atom stereocenters. The number of ether oxygens (including phenoxy) is 1. The van der Waals surface area contributed by atoms with E-state index in [1.54, 1.807) is 0 Å². The van der Waals surface area contributed by atoms with Crippen molar-refractivity contribution in [3.8, 4) is 5.75 Å². The predicted octanol–water partition coefficient (Wildman–Crippen LogP) is 5.91. The standard InChI is InChI=1S/C18H21BrO.ClH/c1-15(14-16-9-11-17(19)12-10-16)6-5-13-20-18-7-3-2-4-8-18;/h2-4,7-12,15H,5-6,13-14H2,1H3;1H. The van der Waals surface area contributed by atoms with Crippen LogP contribution in [-0.2, 0) is 6.42 Å². The molecule has 2 aromatic rings. The molecule has 0 saturated carbocycles. The fourth-order valence-corrected chi connectivity index (χ4v) is 2.53. The fraction of sp³-hybridized carbons (Fsp3) is 0.333. The lowest BCUT2D eigenvalue weighted by atomic mass is 9.97. The van der Waals surface area contributed by atoms with E-state index in [9.17, 15) is 0 Å². The molecular formula is C18H22BrClO. The molecule has 1 nitrogen and oxygen atoms in total. The Morgan fingerprint density at radius 2 is 1.67 bits per heavy atom. The Hall–Kier alpha value is -0.990. The van der Waals surface area contributed by atoms with Gasteiger partial charge in [-0.2, -0.15) is 0 Å². The molecule has 0 saturated heterocycles. The summed E-state index contributed by atoms with van der Waals surface area (Å²) >= 11 is 3.47. The van der Waals surface area contributed by atoms with Gasteiger partial charge in [-0.1, -0.05) is 53.2 Å². The Labute approximate surface area is 142 Å². The normalized spacial score (nSPS) is 11.5. The Bertz CT molecular complexity index is 498. The third-order valence-corrected chi connectivity index (χ3v) is 3.88. The van der Waals surface area contributed by atoms with Gasteiger partial charge in [0.1, 0.15) is 5.75 Å². The van der Waals surface area contributed by atoms with Crippen molar-refractivity contribution in [1.29, 1.82) is 0 Å². The van der Waals surface area contributed by atoms with Gasteiger partial charge in [-0.05, 0) is 55.0 Å². The molecule has 3 heteroatoms. The van der Waals surface area contributed by atoms with Gasteiger partial charge in [-0.3, -0.25) is 0 Å². The third-order valence-electron chi connectivity index (χ3n) is 3.35. The van der Waals surface area contributed by atoms with Crippen LogP contribution in [0.15, 0.2) is 59.1 Å². The number of para-hydroxylation sites is 1. The van der Waals surface area contributed by atoms with Crippen molar-refractivity contribution in [3.63, 3.8) is 0 Å². The van der Waals surface area contributed by atoms with Crippen LogP contribution < -0.4 is 4.74 Å². The molecule has 2 aromatic carbocycles. The van der Waals surface area contributed by atoms with Crippen LogP contribution in [0, 0.1) is 5.92 Å². The van der Waals surface area contributed by atoms with Gasteiger partial charge in [-0.25, -0.2) is 0 Å². The second-order valence-electron chi connectivity index (χ2n) is 5.24. The first-order valence-electron chi connectivity index (χ1n) is 7.16. The van der Waals surface area contributed by atoms with E-state index in [1.165, 1.54) is 12.0 Å². The monoisotopic (exact) mass is 368 g/mol. The summed E-state index contributed by atoms with van der Waals surface area (Å²) < 4.78 is 6.86. The van der Waals surface area contributed by atoms with Crippen molar-refractivity contribution in [3.05, 3.63) is 64.6 Å². The van der Waals surface area contributed by atoms with Crippen molar-refractivity contribution < 1.29 is 4.74 Å². The van der Waals surface area contributed by atoms with Gasteiger partial charge in [0.25, 0.3) is 0 Å². The molecule has 114 valence electrons. The Kier molecular flexibility index (Phi) is 8.48. The topological polar surface area (TPSA) is 9.23 Å². The molecule has 0 radical (unpaired) electrons. The van der Waals surface area contributed by atoms with Crippen molar-refractivity contribution in [1.82, 2.24) is 0 Å². The lowest BCUT2D eigenvalue weighted by molar-refractivity contribution is 0.295. The highest BCUT2D eigenvalue weighted by Gasteiger charge is 2.04. The molecule has 2 rings (SSSR count). The summed E-state index contributed by atoms with van der Waals surface area (Å²) in [5.74, 6) is 1.66. The zero-order valence-corrected chi connectivity index (χ0v) is 14.7. The van der Waals surface area contributed by atoms with Crippen molar-refractivity contribution in [2.45, 2.75) is 26.2 Å². The molecule has 1 unspecified atom stereocenters. The van der Waals surface area contributed by atoms with Crippen LogP contribution in [0.1, 0.15) is 25.3 Å².